The molecule has 202 valence electrons. The number of hydrogen-bond acceptors (Lipinski definition) is 7. The second kappa shape index (κ2) is 11.4. The number of methoxy groups -OCH3 is 1. The highest BCUT2D eigenvalue weighted by atomic mass is 32.1. The summed E-state index contributed by atoms with van der Waals surface area (Å²) >= 11 is 1.21. The number of para-hydroxylation sites is 1. The molecule has 10 heteroatoms. The Morgan fingerprint density at radius 2 is 1.80 bits per heavy atom. The second-order valence-corrected chi connectivity index (χ2v) is 9.94. The van der Waals surface area contributed by atoms with Crippen molar-refractivity contribution in [3.8, 4) is 11.5 Å². The molecule has 0 unspecified atom stereocenters. The standard InChI is InChI=1S/C30H25N3O6S/c1-18-26(28(36)32-21-10-4-3-5-11-21)27(20-9-7-12-22(16-20)38-2)33-29(37)24(40-30(33)31-18)15-19-8-6-13-23(14-19)39-17-25(34)35/h3-16,27H,17H2,1-2H3,(H,32,36)(H,34,35)/t27-/m0/s1. The van der Waals surface area contributed by atoms with Crippen LogP contribution < -0.4 is 29.7 Å². The SMILES string of the molecule is COc1cccc([C@H]2C(C(=O)Nc3ccccc3)=C(C)N=c3sc(=Cc4cccc(OCC(=O)O)c4)c(=O)n32)c1. The van der Waals surface area contributed by atoms with Crippen LogP contribution in [0.4, 0.5) is 5.69 Å². The molecule has 2 N–H and O–H groups in total. The highest BCUT2D eigenvalue weighted by Crippen LogP contribution is 2.32. The Morgan fingerprint density at radius 3 is 2.55 bits per heavy atom. The van der Waals surface area contributed by atoms with Crippen LogP contribution in [0.3, 0.4) is 0 Å². The highest BCUT2D eigenvalue weighted by Gasteiger charge is 2.32. The van der Waals surface area contributed by atoms with Crippen LogP contribution in [0.15, 0.2) is 99.9 Å². The number of rotatable bonds is 8. The van der Waals surface area contributed by atoms with E-state index in [4.69, 9.17) is 14.6 Å². The molecule has 5 rings (SSSR count). The Hall–Kier alpha value is -4.96. The summed E-state index contributed by atoms with van der Waals surface area (Å²) in [5.74, 6) is -0.485. The van der Waals surface area contributed by atoms with Crippen molar-refractivity contribution in [2.45, 2.75) is 13.0 Å². The van der Waals surface area contributed by atoms with Gasteiger partial charge in [-0.2, -0.15) is 0 Å². The molecule has 3 aromatic carbocycles. The first kappa shape index (κ1) is 26.6. The molecule has 1 atom stereocenters. The van der Waals surface area contributed by atoms with Crippen LogP contribution in [0.2, 0.25) is 0 Å². The molecular formula is C30H25N3O6S. The van der Waals surface area contributed by atoms with Gasteiger partial charge in [-0.25, -0.2) is 9.79 Å². The number of benzene rings is 3. The van der Waals surface area contributed by atoms with Gasteiger partial charge < -0.3 is 19.9 Å². The zero-order valence-corrected chi connectivity index (χ0v) is 22.5. The number of amides is 1. The molecule has 0 spiro atoms. The number of anilines is 1. The lowest BCUT2D eigenvalue weighted by molar-refractivity contribution is -0.139. The van der Waals surface area contributed by atoms with Gasteiger partial charge in [-0.1, -0.05) is 53.8 Å². The van der Waals surface area contributed by atoms with Gasteiger partial charge in [0.25, 0.3) is 11.5 Å². The van der Waals surface area contributed by atoms with Crippen molar-refractivity contribution in [1.82, 2.24) is 4.57 Å². The van der Waals surface area contributed by atoms with Gasteiger partial charge in [0.2, 0.25) is 0 Å². The van der Waals surface area contributed by atoms with E-state index in [1.165, 1.54) is 15.9 Å². The van der Waals surface area contributed by atoms with Crippen molar-refractivity contribution in [2.24, 2.45) is 4.99 Å². The molecule has 2 heterocycles. The fraction of sp³-hybridized carbons (Fsp3) is 0.133. The van der Waals surface area contributed by atoms with Gasteiger partial charge in [0.1, 0.15) is 11.5 Å². The first-order chi connectivity index (χ1) is 19.3. The van der Waals surface area contributed by atoms with Gasteiger partial charge in [0, 0.05) is 5.69 Å². The molecule has 0 bridgehead atoms. The molecule has 1 amide bonds. The monoisotopic (exact) mass is 555 g/mol. The Morgan fingerprint density at radius 1 is 1.05 bits per heavy atom. The van der Waals surface area contributed by atoms with E-state index in [0.29, 0.717) is 48.9 Å². The summed E-state index contributed by atoms with van der Waals surface area (Å²) in [6.07, 6.45) is 1.70. The zero-order chi connectivity index (χ0) is 28.2. The average molecular weight is 556 g/mol. The lowest BCUT2D eigenvalue weighted by atomic mass is 9.95. The van der Waals surface area contributed by atoms with E-state index in [0.717, 1.165) is 0 Å². The van der Waals surface area contributed by atoms with Crippen LogP contribution in [0, 0.1) is 0 Å². The number of nitrogens with zero attached hydrogens (tertiary/aromatic N) is 2. The van der Waals surface area contributed by atoms with Crippen LogP contribution in [0.25, 0.3) is 6.08 Å². The molecule has 1 aromatic heterocycles. The molecule has 4 aromatic rings. The van der Waals surface area contributed by atoms with Crippen molar-refractivity contribution in [1.29, 1.82) is 0 Å². The normalized spacial score (nSPS) is 14.8. The molecule has 9 nitrogen and oxygen atoms in total. The van der Waals surface area contributed by atoms with Gasteiger partial charge in [-0.15, -0.1) is 0 Å². The number of thiazole rings is 1. The lowest BCUT2D eigenvalue weighted by Crippen LogP contribution is -2.40. The number of allylic oxidation sites excluding steroid dienone is 1. The number of carboxylic acids is 1. The third-order valence-corrected chi connectivity index (χ3v) is 7.21. The molecule has 40 heavy (non-hydrogen) atoms. The predicted molar refractivity (Wildman–Crippen MR) is 151 cm³/mol. The first-order valence-corrected chi connectivity index (χ1v) is 13.1. The van der Waals surface area contributed by atoms with E-state index in [2.05, 4.69) is 10.3 Å². The quantitative estimate of drug-likeness (QED) is 0.344. The molecule has 0 saturated heterocycles. The van der Waals surface area contributed by atoms with Crippen LogP contribution >= 0.6 is 11.3 Å². The number of aromatic nitrogens is 1. The van der Waals surface area contributed by atoms with Gasteiger partial charge in [0.15, 0.2) is 11.4 Å². The van der Waals surface area contributed by atoms with Gasteiger partial charge in [0.05, 0.1) is 29.0 Å². The van der Waals surface area contributed by atoms with E-state index < -0.39 is 18.6 Å². The Labute approximate surface area is 233 Å². The maximum atomic E-state index is 13.9. The molecule has 0 saturated carbocycles. The van der Waals surface area contributed by atoms with E-state index in [1.807, 2.05) is 30.3 Å². The van der Waals surface area contributed by atoms with Crippen LogP contribution in [-0.2, 0) is 9.59 Å². The summed E-state index contributed by atoms with van der Waals surface area (Å²) in [7, 11) is 1.56. The minimum absolute atomic E-state index is 0.314. The topological polar surface area (TPSA) is 119 Å². The maximum Gasteiger partial charge on any atom is 0.341 e. The van der Waals surface area contributed by atoms with Crippen LogP contribution in [0.1, 0.15) is 24.1 Å². The van der Waals surface area contributed by atoms with Crippen LogP contribution in [0.5, 0.6) is 11.5 Å². The van der Waals surface area contributed by atoms with Gasteiger partial charge in [-0.05, 0) is 60.5 Å². The number of carbonyl (C=O) groups is 2. The first-order valence-electron chi connectivity index (χ1n) is 12.3. The fourth-order valence-electron chi connectivity index (χ4n) is 4.45. The Kier molecular flexibility index (Phi) is 7.61. The molecule has 1 aliphatic rings. The van der Waals surface area contributed by atoms with Crippen molar-refractivity contribution in [3.05, 3.63) is 121 Å². The third-order valence-electron chi connectivity index (χ3n) is 6.23. The number of nitrogens with one attached hydrogen (secondary N) is 1. The van der Waals surface area contributed by atoms with E-state index >= 15 is 0 Å². The minimum atomic E-state index is -1.08. The van der Waals surface area contributed by atoms with Crippen molar-refractivity contribution < 1.29 is 24.2 Å². The van der Waals surface area contributed by atoms with E-state index in [1.54, 1.807) is 68.6 Å². The maximum absolute atomic E-state index is 13.9. The molecule has 1 aliphatic heterocycles. The summed E-state index contributed by atoms with van der Waals surface area (Å²) < 4.78 is 12.6. The minimum Gasteiger partial charge on any atom is -0.497 e. The largest absolute Gasteiger partial charge is 0.497 e. The summed E-state index contributed by atoms with van der Waals surface area (Å²) in [6.45, 7) is 1.28. The smallest absolute Gasteiger partial charge is 0.341 e. The zero-order valence-electron chi connectivity index (χ0n) is 21.7. The summed E-state index contributed by atoms with van der Waals surface area (Å²) in [5, 5.41) is 11.8. The van der Waals surface area contributed by atoms with Crippen molar-refractivity contribution in [3.63, 3.8) is 0 Å². The Bertz CT molecular complexity index is 1810. The average Bonchev–Trinajstić information content (AvgIpc) is 3.25. The summed E-state index contributed by atoms with van der Waals surface area (Å²) in [6, 6.07) is 22.4. The number of ether oxygens (including phenoxy) is 2. The van der Waals surface area contributed by atoms with Crippen molar-refractivity contribution >= 4 is 35.0 Å². The van der Waals surface area contributed by atoms with E-state index in [-0.39, 0.29) is 11.5 Å². The lowest BCUT2D eigenvalue weighted by Gasteiger charge is -2.25. The van der Waals surface area contributed by atoms with Crippen LogP contribution in [-0.4, -0.2) is 35.3 Å². The molecule has 0 aliphatic carbocycles. The summed E-state index contributed by atoms with van der Waals surface area (Å²) in [5.41, 5.74) is 2.51. The number of fused-ring (bicyclic) bond motifs is 1. The second-order valence-electron chi connectivity index (χ2n) is 8.93. The predicted octanol–water partition coefficient (Wildman–Crippen LogP) is 3.35. The highest BCUT2D eigenvalue weighted by molar-refractivity contribution is 7.07. The van der Waals surface area contributed by atoms with Crippen molar-refractivity contribution in [2.75, 3.05) is 19.0 Å². The number of aliphatic carboxylic acids is 1. The fourth-order valence-corrected chi connectivity index (χ4v) is 5.50. The molecular weight excluding hydrogens is 530 g/mol. The Balaban J connectivity index is 1.63. The number of carbonyl (C=O) groups excluding carboxylic acids is 1. The third kappa shape index (κ3) is 5.57. The number of hydrogen-bond donors (Lipinski definition) is 2. The van der Waals surface area contributed by atoms with Gasteiger partial charge in [-0.3, -0.25) is 14.2 Å². The number of carboxylic acid groups (broad SMARTS) is 1. The molecule has 0 fully saturated rings. The van der Waals surface area contributed by atoms with Gasteiger partial charge >= 0.3 is 5.97 Å². The summed E-state index contributed by atoms with van der Waals surface area (Å²) in [4.78, 5) is 43.5. The molecule has 0 radical (unpaired) electrons. The van der Waals surface area contributed by atoms with E-state index in [9.17, 15) is 14.4 Å².